The minimum Gasteiger partial charge on any atom is -0.480 e. The topological polar surface area (TPSA) is 118 Å². The minimum absolute atomic E-state index is 0.0527. The van der Waals surface area contributed by atoms with E-state index in [1.807, 2.05) is 17.8 Å². The standard InChI is InChI=1S/C32H41N3O6S5/c1-3-5-6-18(4-2)15-33-21-9-7-19(13-25-29(40)34(16-27(36)37)31(42)45-25)11-23(21)44-24-12-20(8-10-22(24)33)14-26-30(41)35(17-28(38)39)32(43)46-26/h11,13,18-21,26H,3-10,12,14-17H2,1-2H3,(H,36,37)(H,38,39)/b25-13+. The number of hydrogen-bond donors (Lipinski definition) is 2. The number of thioether (sulfide) groups is 3. The molecule has 0 aromatic rings. The molecule has 9 nitrogen and oxygen atoms in total. The van der Waals surface area contributed by atoms with E-state index in [4.69, 9.17) is 24.4 Å². The van der Waals surface area contributed by atoms with Gasteiger partial charge in [-0.25, -0.2) is 0 Å². The van der Waals surface area contributed by atoms with Crippen molar-refractivity contribution in [3.8, 4) is 0 Å². The largest absolute Gasteiger partial charge is 0.480 e. The molecule has 5 aliphatic rings. The van der Waals surface area contributed by atoms with Crippen LogP contribution >= 0.6 is 59.7 Å². The number of carboxylic acid groups (broad SMARTS) is 2. The second kappa shape index (κ2) is 15.6. The number of aliphatic carboxylic acids is 2. The van der Waals surface area contributed by atoms with Crippen LogP contribution in [-0.4, -0.2) is 88.2 Å². The van der Waals surface area contributed by atoms with E-state index in [2.05, 4.69) is 24.8 Å². The van der Waals surface area contributed by atoms with Crippen LogP contribution in [0, 0.1) is 17.8 Å². The SMILES string of the molecule is CCCCC(CC)CN1C2=C(CC(CC3SC(=S)N(CC(=O)O)C3=O)CC2)SC2=CC(/C=C3/SC(=S)N(CC(=O)O)C3=O)CCC21. The van der Waals surface area contributed by atoms with Crippen molar-refractivity contribution in [3.05, 3.63) is 32.6 Å². The Balaban J connectivity index is 1.36. The fourth-order valence-corrected chi connectivity index (χ4v) is 11.5. The summed E-state index contributed by atoms with van der Waals surface area (Å²) < 4.78 is 0.634. The molecule has 0 spiro atoms. The van der Waals surface area contributed by atoms with Crippen LogP contribution < -0.4 is 0 Å². The molecule has 5 atom stereocenters. The highest BCUT2D eigenvalue weighted by atomic mass is 32.2. The van der Waals surface area contributed by atoms with Gasteiger partial charge >= 0.3 is 11.9 Å². The van der Waals surface area contributed by atoms with E-state index >= 15 is 0 Å². The molecule has 46 heavy (non-hydrogen) atoms. The lowest BCUT2D eigenvalue weighted by atomic mass is 9.85. The summed E-state index contributed by atoms with van der Waals surface area (Å²) >= 11 is 15.0. The van der Waals surface area contributed by atoms with Gasteiger partial charge in [0.05, 0.1) is 16.2 Å². The third-order valence-corrected chi connectivity index (χ3v) is 13.7. The Morgan fingerprint density at radius 2 is 1.78 bits per heavy atom. The molecule has 2 aliphatic carbocycles. The highest BCUT2D eigenvalue weighted by molar-refractivity contribution is 8.26. The van der Waals surface area contributed by atoms with Gasteiger partial charge in [-0.05, 0) is 62.7 Å². The molecular formula is C32H41N3O6S5. The summed E-state index contributed by atoms with van der Waals surface area (Å²) in [5.41, 5.74) is 1.44. The van der Waals surface area contributed by atoms with E-state index in [1.165, 1.54) is 63.2 Å². The average molecular weight is 724 g/mol. The van der Waals surface area contributed by atoms with Gasteiger partial charge in [-0.2, -0.15) is 0 Å². The molecular weight excluding hydrogens is 683 g/mol. The number of rotatable bonds is 13. The fourth-order valence-electron chi connectivity index (χ4n) is 6.98. The van der Waals surface area contributed by atoms with Crippen LogP contribution in [0.3, 0.4) is 0 Å². The summed E-state index contributed by atoms with van der Waals surface area (Å²) in [4.78, 5) is 56.8. The first-order valence-electron chi connectivity index (χ1n) is 16.1. The molecule has 0 aromatic heterocycles. The molecule has 0 aromatic carbocycles. The zero-order valence-corrected chi connectivity index (χ0v) is 30.2. The van der Waals surface area contributed by atoms with Crippen molar-refractivity contribution < 1.29 is 29.4 Å². The second-order valence-electron chi connectivity index (χ2n) is 12.6. The van der Waals surface area contributed by atoms with Crippen molar-refractivity contribution in [1.29, 1.82) is 0 Å². The zero-order chi connectivity index (χ0) is 33.1. The van der Waals surface area contributed by atoms with Gasteiger partial charge in [0.1, 0.15) is 21.7 Å². The quantitative estimate of drug-likeness (QED) is 0.161. The van der Waals surface area contributed by atoms with E-state index in [0.717, 1.165) is 50.0 Å². The summed E-state index contributed by atoms with van der Waals surface area (Å²) in [5.74, 6) is -1.71. The molecule has 2 amide bonds. The fraction of sp³-hybridized carbons (Fsp3) is 0.625. The van der Waals surface area contributed by atoms with Crippen LogP contribution in [-0.2, 0) is 19.2 Å². The molecule has 5 rings (SSSR count). The number of nitrogens with zero attached hydrogens (tertiary/aromatic N) is 3. The molecule has 2 N–H and O–H groups in total. The van der Waals surface area contributed by atoms with Crippen LogP contribution in [0.25, 0.3) is 0 Å². The molecule has 5 unspecified atom stereocenters. The smallest absolute Gasteiger partial charge is 0.323 e. The molecule has 250 valence electrons. The Hall–Kier alpha value is -1.87. The zero-order valence-electron chi connectivity index (χ0n) is 26.1. The van der Waals surface area contributed by atoms with Gasteiger partial charge in [0.15, 0.2) is 0 Å². The molecule has 2 fully saturated rings. The second-order valence-corrected chi connectivity index (χ2v) is 17.3. The first-order valence-corrected chi connectivity index (χ1v) is 19.4. The molecule has 3 heterocycles. The van der Waals surface area contributed by atoms with Gasteiger partial charge in [-0.1, -0.05) is 105 Å². The van der Waals surface area contributed by atoms with Crippen LogP contribution in [0.4, 0.5) is 0 Å². The third kappa shape index (κ3) is 8.04. The average Bonchev–Trinajstić information content (AvgIpc) is 3.41. The van der Waals surface area contributed by atoms with Crippen molar-refractivity contribution in [2.45, 2.75) is 89.3 Å². The number of fused-ring (bicyclic) bond motifs is 1. The molecule has 0 bridgehead atoms. The number of hydrogen-bond acceptors (Lipinski definition) is 10. The highest BCUT2D eigenvalue weighted by Crippen LogP contribution is 2.52. The highest BCUT2D eigenvalue weighted by Gasteiger charge is 2.43. The summed E-state index contributed by atoms with van der Waals surface area (Å²) in [6.45, 7) is 4.74. The van der Waals surface area contributed by atoms with Crippen LogP contribution in [0.15, 0.2) is 32.6 Å². The summed E-state index contributed by atoms with van der Waals surface area (Å²) in [6.07, 6.45) is 14.4. The maximum Gasteiger partial charge on any atom is 0.323 e. The number of carbonyl (C=O) groups excluding carboxylic acids is 2. The predicted molar refractivity (Wildman–Crippen MR) is 192 cm³/mol. The molecule has 3 aliphatic heterocycles. The lowest BCUT2D eigenvalue weighted by molar-refractivity contribution is -0.141. The van der Waals surface area contributed by atoms with Crippen LogP contribution in [0.2, 0.25) is 0 Å². The van der Waals surface area contributed by atoms with Crippen LogP contribution in [0.5, 0.6) is 0 Å². The Morgan fingerprint density at radius 1 is 1.04 bits per heavy atom. The Bertz CT molecular complexity index is 1400. The number of thiocarbonyl (C=S) groups is 2. The van der Waals surface area contributed by atoms with Gasteiger partial charge in [-0.15, -0.1) is 0 Å². The van der Waals surface area contributed by atoms with E-state index in [1.54, 1.807) is 0 Å². The minimum atomic E-state index is -1.09. The van der Waals surface area contributed by atoms with E-state index in [0.29, 0.717) is 33.5 Å². The number of amides is 2. The molecule has 2 saturated heterocycles. The summed E-state index contributed by atoms with van der Waals surface area (Å²) in [7, 11) is 0. The van der Waals surface area contributed by atoms with E-state index < -0.39 is 18.5 Å². The van der Waals surface area contributed by atoms with Gasteiger partial charge < -0.3 is 15.1 Å². The monoisotopic (exact) mass is 723 g/mol. The normalized spacial score (nSPS) is 28.2. The predicted octanol–water partition coefficient (Wildman–Crippen LogP) is 6.46. The first-order chi connectivity index (χ1) is 22.0. The number of allylic oxidation sites excluding steroid dienone is 4. The Labute approximate surface area is 294 Å². The maximum atomic E-state index is 13.0. The van der Waals surface area contributed by atoms with Gasteiger partial charge in [0.25, 0.3) is 5.91 Å². The van der Waals surface area contributed by atoms with Crippen molar-refractivity contribution in [2.75, 3.05) is 19.6 Å². The first kappa shape index (κ1) is 35.4. The molecule has 0 saturated carbocycles. The lowest BCUT2D eigenvalue weighted by Gasteiger charge is -2.48. The van der Waals surface area contributed by atoms with Gasteiger partial charge in [0, 0.05) is 22.1 Å². The van der Waals surface area contributed by atoms with Gasteiger partial charge in [0.2, 0.25) is 5.91 Å². The third-order valence-electron chi connectivity index (χ3n) is 9.41. The molecule has 0 radical (unpaired) electrons. The Kier molecular flexibility index (Phi) is 12.0. The summed E-state index contributed by atoms with van der Waals surface area (Å²) in [5, 5.41) is 18.1. The lowest BCUT2D eigenvalue weighted by Crippen LogP contribution is -2.44. The van der Waals surface area contributed by atoms with E-state index in [9.17, 15) is 29.4 Å². The maximum absolute atomic E-state index is 13.0. The number of carboxylic acids is 2. The Morgan fingerprint density at radius 3 is 2.48 bits per heavy atom. The summed E-state index contributed by atoms with van der Waals surface area (Å²) in [6, 6.07) is 0.302. The van der Waals surface area contributed by atoms with Crippen molar-refractivity contribution in [2.24, 2.45) is 17.8 Å². The van der Waals surface area contributed by atoms with Crippen molar-refractivity contribution in [3.63, 3.8) is 0 Å². The van der Waals surface area contributed by atoms with Crippen molar-refractivity contribution in [1.82, 2.24) is 14.7 Å². The van der Waals surface area contributed by atoms with E-state index in [-0.39, 0.29) is 33.8 Å². The van der Waals surface area contributed by atoms with Crippen molar-refractivity contribution >= 4 is 92.1 Å². The number of carbonyl (C=O) groups is 4. The molecule has 14 heteroatoms. The van der Waals surface area contributed by atoms with Crippen LogP contribution in [0.1, 0.15) is 78.1 Å². The number of unbranched alkanes of at least 4 members (excludes halogenated alkanes) is 1. The van der Waals surface area contributed by atoms with Gasteiger partial charge in [-0.3, -0.25) is 29.0 Å².